The number of para-hydroxylation sites is 10. The summed E-state index contributed by atoms with van der Waals surface area (Å²) in [6, 6.07) is 31.4. The quantitative estimate of drug-likeness (QED) is 0.121. The van der Waals surface area contributed by atoms with Gasteiger partial charge in [0, 0.05) is 121 Å². The molecule has 0 radical (unpaired) electrons. The van der Waals surface area contributed by atoms with Gasteiger partial charge in [0.05, 0.1) is 63.9 Å². The Bertz CT molecular complexity index is 7970. The molecule has 1 N–H and O–H groups in total. The molecule has 22 rings (SSSR count). The smallest absolute Gasteiger partial charge is 0.260 e. The molecule has 12 heteroatoms. The number of ether oxygens (including phenoxy) is 2. The van der Waals surface area contributed by atoms with E-state index >= 15 is 0 Å². The molecule has 0 saturated carbocycles. The van der Waals surface area contributed by atoms with E-state index in [1.807, 2.05) is 169 Å². The summed E-state index contributed by atoms with van der Waals surface area (Å²) in [7, 11) is 0. The van der Waals surface area contributed by atoms with Gasteiger partial charge in [-0.15, -0.1) is 0 Å². The van der Waals surface area contributed by atoms with Crippen molar-refractivity contribution in [3.63, 3.8) is 0 Å². The van der Waals surface area contributed by atoms with Crippen LogP contribution in [-0.4, -0.2) is 20.1 Å². The Hall–Kier alpha value is -14.1. The Kier molecular flexibility index (Phi) is 9.38. The number of aryl methyl sites for hydroxylation is 3. The van der Waals surface area contributed by atoms with Gasteiger partial charge in [-0.2, -0.15) is 0 Å². The average molecular weight is 1450 g/mol. The van der Waals surface area contributed by atoms with Crippen LogP contribution in [0.15, 0.2) is 363 Å². The van der Waals surface area contributed by atoms with E-state index in [4.69, 9.17) is 23.2 Å². The largest absolute Gasteiger partial charge is 0.458 e. The van der Waals surface area contributed by atoms with Crippen LogP contribution in [0.25, 0.3) is 0 Å². The van der Waals surface area contributed by atoms with Crippen molar-refractivity contribution in [3.05, 3.63) is 380 Å². The molecule has 0 aromatic heterocycles. The van der Waals surface area contributed by atoms with Crippen molar-refractivity contribution in [2.75, 3.05) is 34.7 Å². The third-order valence-corrected chi connectivity index (χ3v) is 21.4. The summed E-state index contributed by atoms with van der Waals surface area (Å²) >= 11 is 0. The van der Waals surface area contributed by atoms with E-state index in [1.54, 1.807) is 30.3 Å². The molecule has 0 bridgehead atoms. The number of hydrogen-bond donors (Lipinski definition) is 1. The maximum absolute atomic E-state index is 9.80. The predicted octanol–water partition coefficient (Wildman–Crippen LogP) is 20.2. The average Bonchev–Trinajstić information content (AvgIpc) is 0.681. The summed E-state index contributed by atoms with van der Waals surface area (Å²) in [5, 5.41) is 3.72. The fourth-order valence-electron chi connectivity index (χ4n) is 17.3. The summed E-state index contributed by atoms with van der Waals surface area (Å²) in [5.74, 6) is 0.221. The zero-order valence-electron chi connectivity index (χ0n) is 89.1. The van der Waals surface area contributed by atoms with E-state index in [1.165, 1.54) is 12.1 Å². The van der Waals surface area contributed by atoms with E-state index in [2.05, 4.69) is 11.4 Å². The van der Waals surface area contributed by atoms with Crippen LogP contribution in [-0.2, 0) is 0 Å². The highest BCUT2D eigenvalue weighted by molar-refractivity contribution is 7.03. The molecule has 16 aromatic rings. The Labute approximate surface area is 689 Å². The molecule has 6 aliphatic rings. The Morgan fingerprint density at radius 2 is 0.649 bits per heavy atom. The Morgan fingerprint density at radius 1 is 0.279 bits per heavy atom. The molecule has 0 unspecified atom stereocenters. The van der Waals surface area contributed by atoms with Crippen LogP contribution in [0, 0.1) is 20.8 Å². The van der Waals surface area contributed by atoms with Gasteiger partial charge >= 0.3 is 0 Å². The molecule has 9 nitrogen and oxygen atoms in total. The minimum Gasteiger partial charge on any atom is -0.458 e. The maximum Gasteiger partial charge on any atom is 0.260 e. The minimum atomic E-state index is -1.06. The fraction of sp³-hybridized carbons (Fsp3) is 0.0303. The van der Waals surface area contributed by atoms with Gasteiger partial charge in [-0.05, 0) is 209 Å². The van der Waals surface area contributed by atoms with E-state index < -0.39 is 236 Å². The molecular weight excluding hydrogens is 1350 g/mol. The van der Waals surface area contributed by atoms with Gasteiger partial charge in [0.1, 0.15) is 23.0 Å². The second-order valence-corrected chi connectivity index (χ2v) is 27.6. The van der Waals surface area contributed by atoms with Crippen molar-refractivity contribution in [2.45, 2.75) is 20.8 Å². The lowest BCUT2D eigenvalue weighted by Crippen LogP contribution is -2.65. The minimum absolute atomic E-state index is 0.0276. The van der Waals surface area contributed by atoms with Crippen molar-refractivity contribution in [1.29, 1.82) is 0 Å². The number of anilines is 20. The van der Waals surface area contributed by atoms with Gasteiger partial charge in [-0.1, -0.05) is 211 Å². The van der Waals surface area contributed by atoms with Gasteiger partial charge < -0.3 is 44.2 Å². The summed E-state index contributed by atoms with van der Waals surface area (Å²) < 4.78 is 295. The number of fused-ring (bicyclic) bond motifs is 12. The van der Waals surface area contributed by atoms with E-state index in [9.17, 15) is 27.4 Å². The van der Waals surface area contributed by atoms with Crippen LogP contribution in [0.2, 0.25) is 0 Å². The lowest BCUT2D eigenvalue weighted by Gasteiger charge is -2.46. The monoisotopic (exact) mass is 1450 g/mol. The predicted molar refractivity (Wildman–Crippen MR) is 465 cm³/mol. The van der Waals surface area contributed by atoms with E-state index in [0.717, 1.165) is 31.2 Å². The van der Waals surface area contributed by atoms with Crippen LogP contribution in [0.4, 0.5) is 114 Å². The zero-order chi connectivity index (χ0) is 99.6. The zero-order valence-corrected chi connectivity index (χ0v) is 59.1. The fourth-order valence-corrected chi connectivity index (χ4v) is 17.3. The lowest BCUT2D eigenvalue weighted by atomic mass is 9.29. The molecule has 6 aliphatic heterocycles. The normalized spacial score (nSPS) is 16.9. The SMILES string of the molecule is [2H]c1c([2H])c([2H])c(N(c2cc3c4c(c2)Oc2cc5c(cc2B4c2cc4c(cc2O3)Nc2cc(N(c3c([2H])c([2H])c([2H])c([2H])c3[2H])c3c([2H])c([2H])c([2H])c([2H])c3[2H])cc3c2B4c2ccccc2N3c2ccccc2)B2c3ccccc3N(c3ccccc3)c3cc(N(c4c([2H])c([2H])c([2H])c([2H])c4[2H])c4c([2H])c([2H])c([2H])c([2H])c4[2H])cc(c32)N5c2c(C)cc(C)cc2C)c2c([2H])c([2H])c([2H])c([2H])c2[2H])c([2H])c1[2H]. The van der Waals surface area contributed by atoms with E-state index in [-0.39, 0.29) is 40.1 Å². The first kappa shape index (κ1) is 40.8. The van der Waals surface area contributed by atoms with Crippen molar-refractivity contribution < 1.29 is 50.6 Å². The first-order valence-electron chi connectivity index (χ1n) is 50.8. The molecule has 111 heavy (non-hydrogen) atoms. The molecule has 0 spiro atoms. The first-order valence-corrected chi connectivity index (χ1v) is 35.8. The summed E-state index contributed by atoms with van der Waals surface area (Å²) in [4.78, 5) is 9.23. The van der Waals surface area contributed by atoms with E-state index in [0.29, 0.717) is 112 Å². The van der Waals surface area contributed by atoms with Gasteiger partial charge in [0.15, 0.2) is 0 Å². The highest BCUT2D eigenvalue weighted by Crippen LogP contribution is 2.53. The van der Waals surface area contributed by atoms with Crippen molar-refractivity contribution >= 4 is 183 Å². The van der Waals surface area contributed by atoms with Crippen LogP contribution in [0.1, 0.15) is 57.8 Å². The van der Waals surface area contributed by atoms with Crippen LogP contribution in [0.3, 0.4) is 0 Å². The number of nitrogens with one attached hydrogen (secondary N) is 1. The highest BCUT2D eigenvalue weighted by Gasteiger charge is 2.50. The topological polar surface area (TPSA) is 49.9 Å². The molecule has 0 amide bonds. The molecule has 0 aliphatic carbocycles. The van der Waals surface area contributed by atoms with Crippen molar-refractivity contribution in [1.82, 2.24) is 0 Å². The first-order chi connectivity index (χ1) is 67.2. The van der Waals surface area contributed by atoms with Gasteiger partial charge in [-0.3, -0.25) is 0 Å². The second-order valence-electron chi connectivity index (χ2n) is 27.6. The highest BCUT2D eigenvalue weighted by atomic mass is 16.5. The van der Waals surface area contributed by atoms with Crippen molar-refractivity contribution in [3.8, 4) is 23.0 Å². The molecule has 16 aromatic carbocycles. The molecular formula is C99H70B3N7O2. The van der Waals surface area contributed by atoms with Gasteiger partial charge in [-0.25, -0.2) is 0 Å². The Morgan fingerprint density at radius 3 is 1.11 bits per heavy atom. The molecule has 0 fully saturated rings. The molecule has 6 heterocycles. The van der Waals surface area contributed by atoms with Crippen LogP contribution >= 0.6 is 0 Å². The summed E-state index contributed by atoms with van der Waals surface area (Å²) in [6.45, 7) is 3.07. The summed E-state index contributed by atoms with van der Waals surface area (Å²) in [6.07, 6.45) is 0. The number of hydrogen-bond acceptors (Lipinski definition) is 9. The molecule has 0 saturated heterocycles. The van der Waals surface area contributed by atoms with Crippen molar-refractivity contribution in [2.24, 2.45) is 0 Å². The number of benzene rings is 16. The second kappa shape index (κ2) is 25.5. The number of nitrogens with zero attached hydrogens (tertiary/aromatic N) is 6. The van der Waals surface area contributed by atoms with Gasteiger partial charge in [0.2, 0.25) is 0 Å². The van der Waals surface area contributed by atoms with Crippen LogP contribution in [0.5, 0.6) is 23.0 Å². The van der Waals surface area contributed by atoms with Gasteiger partial charge in [0.25, 0.3) is 20.1 Å². The van der Waals surface area contributed by atoms with Crippen LogP contribution < -0.4 is 93.4 Å². The Balaban J connectivity index is 0.854. The standard InChI is InChI=1S/C99H70B3N7O2/c1-64-52-65(2)99(66(3)53-64)109-88-63-93-83(61-81(88)101-79-49-29-31-51-87(79)108(74-46-26-11-27-47-74)90-56-76(57-91(109)97(90)101)105(69-36-16-6-17-37-69)70-38-18-7-19-39-70)102-82-60-80-84(62-92(82)110-94-58-77(59-95(111-93)98(94)102)106(71-40-20-8-21-41-71)72-42-22-9-23-43-72)103-85-54-75(104(67-32-12-4-13-33-67)68-34-14-5-15-35-68)55-89-96(85)100(80)78-48-28-30-50-86(78)107(89)73-44-24-10-25-45-73/h4-63,103H,1-3H3/i4D,5D,6D,7D,8D,9D,12D,13D,14D,15D,16D,17D,18D,19D,20D,21D,22D,23D,32D,33D,34D,35D,36D,37D,38D,39D,40D,41D,42D,43D. The molecule has 522 valence electrons. The summed E-state index contributed by atoms with van der Waals surface area (Å²) in [5.41, 5.74) is 9.18. The third-order valence-electron chi connectivity index (χ3n) is 21.4. The maximum atomic E-state index is 9.80. The third kappa shape index (κ3) is 10.2. The number of rotatable bonds is 12. The molecule has 0 atom stereocenters. The lowest BCUT2D eigenvalue weighted by molar-refractivity contribution is 0.465.